The normalized spacial score (nSPS) is 13.6. The van der Waals surface area contributed by atoms with E-state index in [0.29, 0.717) is 0 Å². The summed E-state index contributed by atoms with van der Waals surface area (Å²) < 4.78 is 1.24. The SMILES string of the molecule is Ic1ccc2c(c1)=CC=CC=CN=2. The lowest BCUT2D eigenvalue weighted by Gasteiger charge is -1.92. The molecular formula is C11H8IN. The van der Waals surface area contributed by atoms with Gasteiger partial charge < -0.3 is 0 Å². The van der Waals surface area contributed by atoms with Gasteiger partial charge in [0, 0.05) is 15.0 Å². The lowest BCUT2D eigenvalue weighted by Crippen LogP contribution is -2.24. The molecule has 0 atom stereocenters. The first kappa shape index (κ1) is 8.69. The molecule has 1 aromatic carbocycles. The molecule has 0 unspecified atom stereocenters. The van der Waals surface area contributed by atoms with Gasteiger partial charge in [-0.2, -0.15) is 0 Å². The van der Waals surface area contributed by atoms with Crippen molar-refractivity contribution in [1.82, 2.24) is 0 Å². The minimum atomic E-state index is 1.03. The molecule has 1 aromatic rings. The maximum absolute atomic E-state index is 4.32. The Labute approximate surface area is 90.3 Å². The Kier molecular flexibility index (Phi) is 2.59. The third kappa shape index (κ3) is 2.06. The average Bonchev–Trinajstić information content (AvgIpc) is 2.08. The van der Waals surface area contributed by atoms with Crippen molar-refractivity contribution in [2.45, 2.75) is 0 Å². The van der Waals surface area contributed by atoms with E-state index in [9.17, 15) is 0 Å². The summed E-state index contributed by atoms with van der Waals surface area (Å²) in [6.07, 6.45) is 9.82. The van der Waals surface area contributed by atoms with Gasteiger partial charge in [-0.05, 0) is 46.9 Å². The molecule has 0 saturated carbocycles. The highest BCUT2D eigenvalue weighted by Crippen LogP contribution is 1.96. The summed E-state index contributed by atoms with van der Waals surface area (Å²) in [5, 5.41) is 2.20. The number of hydrogen-bond donors (Lipinski definition) is 0. The smallest absolute Gasteiger partial charge is 0.0702 e. The summed E-state index contributed by atoms with van der Waals surface area (Å²) in [6.45, 7) is 0. The van der Waals surface area contributed by atoms with Crippen LogP contribution in [0, 0.1) is 3.57 Å². The predicted molar refractivity (Wildman–Crippen MR) is 62.7 cm³/mol. The highest BCUT2D eigenvalue weighted by Gasteiger charge is 1.88. The van der Waals surface area contributed by atoms with Gasteiger partial charge in [0.15, 0.2) is 0 Å². The zero-order chi connectivity index (χ0) is 9.10. The fourth-order valence-corrected chi connectivity index (χ4v) is 1.69. The molecule has 2 rings (SSSR count). The third-order valence-electron chi connectivity index (χ3n) is 1.79. The van der Waals surface area contributed by atoms with Crippen LogP contribution in [-0.4, -0.2) is 0 Å². The predicted octanol–water partition coefficient (Wildman–Crippen LogP) is 1.77. The maximum Gasteiger partial charge on any atom is 0.0702 e. The Bertz CT molecular complexity index is 483. The minimum Gasteiger partial charge on any atom is -0.256 e. The number of hydrogen-bond acceptors (Lipinski definition) is 1. The van der Waals surface area contributed by atoms with E-state index in [2.05, 4.69) is 45.8 Å². The van der Waals surface area contributed by atoms with Crippen LogP contribution in [0.4, 0.5) is 0 Å². The van der Waals surface area contributed by atoms with Crippen LogP contribution in [0.3, 0.4) is 0 Å². The van der Waals surface area contributed by atoms with E-state index in [0.717, 1.165) is 5.36 Å². The summed E-state index contributed by atoms with van der Waals surface area (Å²) in [6, 6.07) is 6.23. The number of allylic oxidation sites excluding steroid dienone is 3. The molecule has 1 heterocycles. The second-order valence-electron chi connectivity index (χ2n) is 2.73. The van der Waals surface area contributed by atoms with E-state index in [1.54, 1.807) is 0 Å². The Morgan fingerprint density at radius 2 is 2.00 bits per heavy atom. The molecule has 0 fully saturated rings. The van der Waals surface area contributed by atoms with Gasteiger partial charge in [-0.15, -0.1) is 0 Å². The fourth-order valence-electron chi connectivity index (χ4n) is 1.17. The number of halogens is 1. The second kappa shape index (κ2) is 3.87. The van der Waals surface area contributed by atoms with Crippen molar-refractivity contribution in [3.8, 4) is 0 Å². The quantitative estimate of drug-likeness (QED) is 0.643. The van der Waals surface area contributed by atoms with Gasteiger partial charge in [-0.25, -0.2) is 0 Å². The lowest BCUT2D eigenvalue weighted by molar-refractivity contribution is 1.29. The molecule has 2 heteroatoms. The summed E-state index contributed by atoms with van der Waals surface area (Å²) in [4.78, 5) is 4.32. The Morgan fingerprint density at radius 1 is 1.08 bits per heavy atom. The van der Waals surface area contributed by atoms with E-state index in [-0.39, 0.29) is 0 Å². The van der Waals surface area contributed by atoms with E-state index >= 15 is 0 Å². The largest absolute Gasteiger partial charge is 0.256 e. The third-order valence-corrected chi connectivity index (χ3v) is 2.46. The lowest BCUT2D eigenvalue weighted by atomic mass is 10.2. The van der Waals surface area contributed by atoms with E-state index in [1.165, 1.54) is 8.79 Å². The molecular weight excluding hydrogens is 273 g/mol. The van der Waals surface area contributed by atoms with Gasteiger partial charge in [-0.1, -0.05) is 18.2 Å². The molecule has 1 aliphatic heterocycles. The van der Waals surface area contributed by atoms with Gasteiger partial charge in [0.25, 0.3) is 0 Å². The number of benzene rings is 1. The molecule has 0 spiro atoms. The zero-order valence-electron chi connectivity index (χ0n) is 6.94. The molecule has 1 nitrogen and oxygen atoms in total. The van der Waals surface area contributed by atoms with Crippen molar-refractivity contribution in [2.75, 3.05) is 0 Å². The monoisotopic (exact) mass is 281 g/mol. The molecule has 0 N–H and O–H groups in total. The van der Waals surface area contributed by atoms with E-state index in [1.807, 2.05) is 30.5 Å². The average molecular weight is 281 g/mol. The van der Waals surface area contributed by atoms with E-state index < -0.39 is 0 Å². The summed E-state index contributed by atoms with van der Waals surface area (Å²) >= 11 is 2.30. The van der Waals surface area contributed by atoms with Crippen LogP contribution < -0.4 is 10.6 Å². The highest BCUT2D eigenvalue weighted by molar-refractivity contribution is 14.1. The molecule has 0 bridgehead atoms. The van der Waals surface area contributed by atoms with Crippen LogP contribution in [0.1, 0.15) is 0 Å². The van der Waals surface area contributed by atoms with Crippen molar-refractivity contribution in [1.29, 1.82) is 0 Å². The fraction of sp³-hybridized carbons (Fsp3) is 0. The molecule has 0 aromatic heterocycles. The van der Waals surface area contributed by atoms with Gasteiger partial charge in [0.05, 0.1) is 5.36 Å². The second-order valence-corrected chi connectivity index (χ2v) is 3.97. The van der Waals surface area contributed by atoms with Crippen LogP contribution in [0.25, 0.3) is 6.08 Å². The van der Waals surface area contributed by atoms with Crippen LogP contribution >= 0.6 is 22.6 Å². The first-order valence-electron chi connectivity index (χ1n) is 4.03. The van der Waals surface area contributed by atoms with Gasteiger partial charge in [0.2, 0.25) is 0 Å². The van der Waals surface area contributed by atoms with Crippen LogP contribution in [0.5, 0.6) is 0 Å². The summed E-state index contributed by atoms with van der Waals surface area (Å²) in [5.74, 6) is 0. The number of fused-ring (bicyclic) bond motifs is 1. The van der Waals surface area contributed by atoms with Crippen LogP contribution in [0.15, 0.2) is 47.6 Å². The van der Waals surface area contributed by atoms with Gasteiger partial charge in [0.1, 0.15) is 0 Å². The number of nitrogens with zero attached hydrogens (tertiary/aromatic N) is 1. The molecule has 13 heavy (non-hydrogen) atoms. The Morgan fingerprint density at radius 3 is 2.92 bits per heavy atom. The highest BCUT2D eigenvalue weighted by atomic mass is 127. The van der Waals surface area contributed by atoms with Crippen molar-refractivity contribution in [2.24, 2.45) is 4.99 Å². The van der Waals surface area contributed by atoms with Crippen molar-refractivity contribution >= 4 is 28.7 Å². The van der Waals surface area contributed by atoms with Crippen molar-refractivity contribution < 1.29 is 0 Å². The molecule has 1 aliphatic rings. The van der Waals surface area contributed by atoms with Crippen LogP contribution in [-0.2, 0) is 0 Å². The molecule has 0 aliphatic carbocycles. The van der Waals surface area contributed by atoms with Crippen LogP contribution in [0.2, 0.25) is 0 Å². The first-order valence-corrected chi connectivity index (χ1v) is 5.11. The Balaban J connectivity index is 2.79. The van der Waals surface area contributed by atoms with Gasteiger partial charge in [-0.3, -0.25) is 4.99 Å². The topological polar surface area (TPSA) is 12.4 Å². The Hall–Kier alpha value is -0.900. The first-order chi connectivity index (χ1) is 6.36. The molecule has 0 saturated heterocycles. The zero-order valence-corrected chi connectivity index (χ0v) is 9.10. The van der Waals surface area contributed by atoms with Gasteiger partial charge >= 0.3 is 0 Å². The molecule has 0 amide bonds. The standard InChI is InChI=1S/C11H8IN/c12-10-5-6-11-9(8-10)4-2-1-3-7-13-11/h1-8H. The van der Waals surface area contributed by atoms with Crippen molar-refractivity contribution in [3.63, 3.8) is 0 Å². The van der Waals surface area contributed by atoms with Crippen molar-refractivity contribution in [3.05, 3.63) is 56.8 Å². The molecule has 0 radical (unpaired) electrons. The number of rotatable bonds is 0. The molecule has 64 valence electrons. The minimum absolute atomic E-state index is 1.03. The van der Waals surface area contributed by atoms with E-state index in [4.69, 9.17) is 0 Å². The summed E-state index contributed by atoms with van der Waals surface area (Å²) in [5.41, 5.74) is 0. The maximum atomic E-state index is 4.32. The summed E-state index contributed by atoms with van der Waals surface area (Å²) in [7, 11) is 0.